The summed E-state index contributed by atoms with van der Waals surface area (Å²) in [6, 6.07) is 12.5. The van der Waals surface area contributed by atoms with Crippen molar-refractivity contribution in [1.82, 2.24) is 5.43 Å². The van der Waals surface area contributed by atoms with Gasteiger partial charge in [0.05, 0.1) is 20.4 Å². The lowest BCUT2D eigenvalue weighted by Crippen LogP contribution is -2.17. The molecule has 2 aromatic rings. The minimum Gasteiger partial charge on any atom is -0.493 e. The van der Waals surface area contributed by atoms with Gasteiger partial charge >= 0.3 is 0 Å². The average Bonchev–Trinajstić information content (AvgIpc) is 2.55. The summed E-state index contributed by atoms with van der Waals surface area (Å²) in [5.41, 5.74) is 3.79. The van der Waals surface area contributed by atoms with Gasteiger partial charge in [-0.2, -0.15) is 5.10 Å². The summed E-state index contributed by atoms with van der Waals surface area (Å²) >= 11 is 3.36. The maximum Gasteiger partial charge on any atom is 0.271 e. The number of carbonyl (C=O) groups is 1. The summed E-state index contributed by atoms with van der Waals surface area (Å²) in [6.45, 7) is 0. The van der Waals surface area contributed by atoms with Crippen LogP contribution in [0.4, 0.5) is 0 Å². The summed E-state index contributed by atoms with van der Waals surface area (Å²) in [4.78, 5) is 12.0. The van der Waals surface area contributed by atoms with Crippen molar-refractivity contribution in [2.24, 2.45) is 5.10 Å². The molecular formula is C16H15BrN2O3. The van der Waals surface area contributed by atoms with Crippen LogP contribution < -0.4 is 14.9 Å². The van der Waals surface area contributed by atoms with Gasteiger partial charge in [-0.05, 0) is 35.9 Å². The van der Waals surface area contributed by atoms with Crippen LogP contribution in [0, 0.1) is 0 Å². The summed E-state index contributed by atoms with van der Waals surface area (Å²) in [5, 5.41) is 3.93. The van der Waals surface area contributed by atoms with Gasteiger partial charge < -0.3 is 9.47 Å². The van der Waals surface area contributed by atoms with Crippen molar-refractivity contribution in [3.8, 4) is 11.5 Å². The second kappa shape index (κ2) is 7.61. The molecule has 0 saturated heterocycles. The number of rotatable bonds is 5. The van der Waals surface area contributed by atoms with E-state index < -0.39 is 0 Å². The molecule has 6 heteroatoms. The highest BCUT2D eigenvalue weighted by molar-refractivity contribution is 9.10. The van der Waals surface area contributed by atoms with Crippen LogP contribution in [0.25, 0.3) is 0 Å². The highest BCUT2D eigenvalue weighted by atomic mass is 79.9. The van der Waals surface area contributed by atoms with Gasteiger partial charge in [0.1, 0.15) is 0 Å². The minimum atomic E-state index is -0.325. The predicted molar refractivity (Wildman–Crippen MR) is 88.7 cm³/mol. The van der Waals surface area contributed by atoms with E-state index in [1.807, 2.05) is 24.3 Å². The zero-order valence-corrected chi connectivity index (χ0v) is 13.8. The number of hydrogen-bond donors (Lipinski definition) is 1. The van der Waals surface area contributed by atoms with Crippen LogP contribution >= 0.6 is 15.9 Å². The van der Waals surface area contributed by atoms with Gasteiger partial charge in [-0.1, -0.05) is 28.1 Å². The molecule has 1 amide bonds. The molecule has 22 heavy (non-hydrogen) atoms. The first-order chi connectivity index (χ1) is 10.6. The van der Waals surface area contributed by atoms with E-state index in [0.29, 0.717) is 17.1 Å². The lowest BCUT2D eigenvalue weighted by molar-refractivity contribution is 0.0954. The molecule has 2 rings (SSSR count). The average molecular weight is 363 g/mol. The number of amides is 1. The first-order valence-corrected chi connectivity index (χ1v) is 7.24. The van der Waals surface area contributed by atoms with E-state index in [-0.39, 0.29) is 5.91 Å². The fraction of sp³-hybridized carbons (Fsp3) is 0.125. The number of carbonyl (C=O) groups excluding carboxylic acids is 1. The molecule has 0 unspecified atom stereocenters. The Labute approximate surface area is 137 Å². The predicted octanol–water partition coefficient (Wildman–Crippen LogP) is 3.23. The van der Waals surface area contributed by atoms with Gasteiger partial charge in [-0.15, -0.1) is 0 Å². The van der Waals surface area contributed by atoms with Crippen LogP contribution in [0.3, 0.4) is 0 Å². The third-order valence-corrected chi connectivity index (χ3v) is 3.42. The molecule has 0 aliphatic carbocycles. The molecule has 0 aliphatic rings. The number of nitrogens with one attached hydrogen (secondary N) is 1. The quantitative estimate of drug-likeness (QED) is 0.656. The molecule has 2 aromatic carbocycles. The van der Waals surface area contributed by atoms with Gasteiger partial charge in [-0.25, -0.2) is 5.43 Å². The van der Waals surface area contributed by atoms with Crippen LogP contribution in [0.1, 0.15) is 15.9 Å². The van der Waals surface area contributed by atoms with Gasteiger partial charge in [0.25, 0.3) is 5.91 Å². The highest BCUT2D eigenvalue weighted by Gasteiger charge is 2.09. The zero-order chi connectivity index (χ0) is 15.9. The molecule has 0 spiro atoms. The van der Waals surface area contributed by atoms with E-state index in [2.05, 4.69) is 26.5 Å². The third-order valence-electron chi connectivity index (χ3n) is 2.90. The Hall–Kier alpha value is -2.34. The van der Waals surface area contributed by atoms with E-state index in [0.717, 1.165) is 10.0 Å². The normalized spacial score (nSPS) is 10.5. The van der Waals surface area contributed by atoms with Crippen molar-refractivity contribution in [2.45, 2.75) is 0 Å². The molecule has 0 atom stereocenters. The Morgan fingerprint density at radius 2 is 1.77 bits per heavy atom. The second-order valence-electron chi connectivity index (χ2n) is 4.32. The summed E-state index contributed by atoms with van der Waals surface area (Å²) in [6.07, 6.45) is 1.57. The number of nitrogens with zero attached hydrogens (tertiary/aromatic N) is 1. The van der Waals surface area contributed by atoms with Crippen LogP contribution in [-0.4, -0.2) is 26.3 Å². The van der Waals surface area contributed by atoms with Crippen molar-refractivity contribution in [2.75, 3.05) is 14.2 Å². The molecule has 1 N–H and O–H groups in total. The largest absolute Gasteiger partial charge is 0.493 e. The Balaban J connectivity index is 2.04. The lowest BCUT2D eigenvalue weighted by atomic mass is 10.2. The molecule has 0 bridgehead atoms. The van der Waals surface area contributed by atoms with Gasteiger partial charge in [0.2, 0.25) is 0 Å². The van der Waals surface area contributed by atoms with Crippen LogP contribution in [0.2, 0.25) is 0 Å². The summed E-state index contributed by atoms with van der Waals surface area (Å²) < 4.78 is 11.3. The first kappa shape index (κ1) is 16.0. The minimum absolute atomic E-state index is 0.325. The van der Waals surface area contributed by atoms with Crippen molar-refractivity contribution >= 4 is 28.1 Å². The van der Waals surface area contributed by atoms with Gasteiger partial charge in [0.15, 0.2) is 11.5 Å². The Morgan fingerprint density at radius 3 is 2.41 bits per heavy atom. The molecule has 0 aliphatic heterocycles. The van der Waals surface area contributed by atoms with E-state index in [1.54, 1.807) is 31.5 Å². The van der Waals surface area contributed by atoms with E-state index in [9.17, 15) is 4.79 Å². The maximum absolute atomic E-state index is 12.0. The van der Waals surface area contributed by atoms with Gasteiger partial charge in [0, 0.05) is 10.0 Å². The zero-order valence-electron chi connectivity index (χ0n) is 12.2. The lowest BCUT2D eigenvalue weighted by Gasteiger charge is -2.08. The van der Waals surface area contributed by atoms with Crippen molar-refractivity contribution in [3.63, 3.8) is 0 Å². The number of hydrazone groups is 1. The summed E-state index contributed by atoms with van der Waals surface area (Å²) in [5.74, 6) is 0.735. The van der Waals surface area contributed by atoms with E-state index in [1.165, 1.54) is 7.11 Å². The van der Waals surface area contributed by atoms with E-state index >= 15 is 0 Å². The molecule has 0 saturated carbocycles. The Kier molecular flexibility index (Phi) is 5.55. The molecular weight excluding hydrogens is 348 g/mol. The number of methoxy groups -OCH3 is 2. The standard InChI is InChI=1S/C16H15BrN2O3/c1-21-14-8-5-12(9-15(14)22-2)16(20)19-18-10-11-3-6-13(17)7-4-11/h3-10H,1-2H3,(H,19,20). The Morgan fingerprint density at radius 1 is 1.09 bits per heavy atom. The molecule has 0 aromatic heterocycles. The van der Waals surface area contributed by atoms with Crippen molar-refractivity contribution in [3.05, 3.63) is 58.1 Å². The molecule has 114 valence electrons. The number of halogens is 1. The number of ether oxygens (including phenoxy) is 2. The number of benzene rings is 2. The molecule has 0 fully saturated rings. The topological polar surface area (TPSA) is 59.9 Å². The molecule has 0 radical (unpaired) electrons. The summed E-state index contributed by atoms with van der Waals surface area (Å²) in [7, 11) is 3.06. The number of hydrogen-bond acceptors (Lipinski definition) is 4. The van der Waals surface area contributed by atoms with Crippen molar-refractivity contribution in [1.29, 1.82) is 0 Å². The molecule has 5 nitrogen and oxygen atoms in total. The van der Waals surface area contributed by atoms with Gasteiger partial charge in [-0.3, -0.25) is 4.79 Å². The third kappa shape index (κ3) is 4.08. The van der Waals surface area contributed by atoms with Crippen molar-refractivity contribution < 1.29 is 14.3 Å². The fourth-order valence-corrected chi connectivity index (χ4v) is 2.02. The Bertz CT molecular complexity index is 684. The van der Waals surface area contributed by atoms with Crippen LogP contribution in [0.5, 0.6) is 11.5 Å². The monoisotopic (exact) mass is 362 g/mol. The fourth-order valence-electron chi connectivity index (χ4n) is 1.76. The smallest absolute Gasteiger partial charge is 0.271 e. The van der Waals surface area contributed by atoms with E-state index in [4.69, 9.17) is 9.47 Å². The highest BCUT2D eigenvalue weighted by Crippen LogP contribution is 2.27. The maximum atomic E-state index is 12.0. The second-order valence-corrected chi connectivity index (χ2v) is 5.24. The SMILES string of the molecule is COc1ccc(C(=O)NN=Cc2ccc(Br)cc2)cc1OC. The van der Waals surface area contributed by atoms with Crippen LogP contribution in [-0.2, 0) is 0 Å². The van der Waals surface area contributed by atoms with Crippen LogP contribution in [0.15, 0.2) is 52.0 Å². The first-order valence-electron chi connectivity index (χ1n) is 6.45. The molecule has 0 heterocycles.